The summed E-state index contributed by atoms with van der Waals surface area (Å²) in [6.07, 6.45) is 3.19. The summed E-state index contributed by atoms with van der Waals surface area (Å²) in [7, 11) is -3.69. The molecule has 5 nitrogen and oxygen atoms in total. The molecule has 0 amide bonds. The monoisotopic (exact) mass is 297 g/mol. The summed E-state index contributed by atoms with van der Waals surface area (Å²) in [5.41, 5.74) is 6.72. The topological polar surface area (TPSA) is 85.1 Å². The third kappa shape index (κ3) is 3.44. The highest BCUT2D eigenvalue weighted by Crippen LogP contribution is 2.23. The Balaban J connectivity index is 2.21. The third-order valence-electron chi connectivity index (χ3n) is 2.46. The number of sulfonamides is 1. The molecular weight excluding hydrogens is 286 g/mol. The van der Waals surface area contributed by atoms with E-state index in [1.165, 1.54) is 12.1 Å². The average molecular weight is 298 g/mol. The number of benzene rings is 1. The lowest BCUT2D eigenvalue weighted by Gasteiger charge is -2.09. The number of halogens is 1. The van der Waals surface area contributed by atoms with Gasteiger partial charge in [-0.2, -0.15) is 0 Å². The van der Waals surface area contributed by atoms with Gasteiger partial charge in [0.25, 0.3) is 0 Å². The van der Waals surface area contributed by atoms with Crippen LogP contribution in [-0.2, 0) is 16.6 Å². The van der Waals surface area contributed by atoms with Crippen molar-refractivity contribution in [2.45, 2.75) is 11.4 Å². The van der Waals surface area contributed by atoms with Crippen LogP contribution in [0, 0.1) is 0 Å². The summed E-state index contributed by atoms with van der Waals surface area (Å²) in [4.78, 5) is 3.83. The zero-order chi connectivity index (χ0) is 13.9. The van der Waals surface area contributed by atoms with Crippen molar-refractivity contribution in [3.63, 3.8) is 0 Å². The van der Waals surface area contributed by atoms with Gasteiger partial charge in [-0.05, 0) is 35.9 Å². The van der Waals surface area contributed by atoms with E-state index in [0.29, 0.717) is 5.69 Å². The van der Waals surface area contributed by atoms with Gasteiger partial charge in [-0.25, -0.2) is 13.1 Å². The number of nitrogen functional groups attached to an aromatic ring is 1. The second-order valence-electron chi connectivity index (χ2n) is 3.87. The number of pyridine rings is 1. The van der Waals surface area contributed by atoms with Crippen molar-refractivity contribution < 1.29 is 8.42 Å². The first kappa shape index (κ1) is 13.8. The predicted octanol–water partition coefficient (Wildman–Crippen LogP) is 1.80. The number of rotatable bonds is 4. The first-order valence-electron chi connectivity index (χ1n) is 5.42. The Morgan fingerprint density at radius 2 is 1.89 bits per heavy atom. The molecule has 0 saturated heterocycles. The van der Waals surface area contributed by atoms with E-state index >= 15 is 0 Å². The molecule has 2 rings (SSSR count). The van der Waals surface area contributed by atoms with Crippen LogP contribution in [0.2, 0.25) is 5.02 Å². The van der Waals surface area contributed by atoms with E-state index in [-0.39, 0.29) is 16.5 Å². The van der Waals surface area contributed by atoms with Crippen molar-refractivity contribution in [1.82, 2.24) is 9.71 Å². The lowest BCUT2D eigenvalue weighted by atomic mass is 10.3. The molecule has 0 fully saturated rings. The molecule has 100 valence electrons. The van der Waals surface area contributed by atoms with E-state index < -0.39 is 10.0 Å². The zero-order valence-corrected chi connectivity index (χ0v) is 11.4. The molecule has 1 heterocycles. The zero-order valence-electron chi connectivity index (χ0n) is 9.88. The lowest BCUT2D eigenvalue weighted by Crippen LogP contribution is -2.23. The molecule has 7 heteroatoms. The molecule has 0 saturated carbocycles. The van der Waals surface area contributed by atoms with Crippen LogP contribution in [0.4, 0.5) is 5.69 Å². The van der Waals surface area contributed by atoms with Crippen LogP contribution in [0.3, 0.4) is 0 Å². The fourth-order valence-electron chi connectivity index (χ4n) is 1.48. The maximum absolute atomic E-state index is 12.1. The Morgan fingerprint density at radius 3 is 2.58 bits per heavy atom. The number of nitrogens with zero attached hydrogens (tertiary/aromatic N) is 1. The van der Waals surface area contributed by atoms with Crippen molar-refractivity contribution in [2.75, 3.05) is 5.73 Å². The van der Waals surface area contributed by atoms with Crippen LogP contribution in [0.5, 0.6) is 0 Å². The van der Waals surface area contributed by atoms with Gasteiger partial charge in [0.05, 0.1) is 5.02 Å². The third-order valence-corrected chi connectivity index (χ3v) is 4.34. The summed E-state index contributed by atoms with van der Waals surface area (Å²) >= 11 is 5.88. The molecule has 1 aromatic heterocycles. The quantitative estimate of drug-likeness (QED) is 0.843. The fraction of sp³-hybridized carbons (Fsp3) is 0.0833. The Labute approximate surface area is 116 Å². The number of nitrogens with two attached hydrogens (primary N) is 1. The number of anilines is 1. The minimum atomic E-state index is -3.69. The van der Waals surface area contributed by atoms with Gasteiger partial charge in [0.2, 0.25) is 10.0 Å². The van der Waals surface area contributed by atoms with Gasteiger partial charge < -0.3 is 5.73 Å². The van der Waals surface area contributed by atoms with Gasteiger partial charge in [-0.15, -0.1) is 0 Å². The van der Waals surface area contributed by atoms with Crippen LogP contribution < -0.4 is 10.5 Å². The Kier molecular flexibility index (Phi) is 4.04. The van der Waals surface area contributed by atoms with Crippen molar-refractivity contribution in [2.24, 2.45) is 0 Å². The largest absolute Gasteiger partial charge is 0.399 e. The highest BCUT2D eigenvalue weighted by atomic mass is 35.5. The molecule has 0 bridgehead atoms. The smallest absolute Gasteiger partial charge is 0.242 e. The number of aromatic nitrogens is 1. The molecule has 0 spiro atoms. The second kappa shape index (κ2) is 5.56. The first-order valence-corrected chi connectivity index (χ1v) is 7.29. The summed E-state index contributed by atoms with van der Waals surface area (Å²) in [5, 5.41) is 0.136. The van der Waals surface area contributed by atoms with Crippen LogP contribution in [-0.4, -0.2) is 13.4 Å². The van der Waals surface area contributed by atoms with Crippen molar-refractivity contribution in [1.29, 1.82) is 0 Å². The molecular formula is C12H12ClN3O2S. The van der Waals surface area contributed by atoms with E-state index in [4.69, 9.17) is 17.3 Å². The molecule has 3 N–H and O–H groups in total. The van der Waals surface area contributed by atoms with E-state index in [2.05, 4.69) is 9.71 Å². The molecule has 2 aromatic rings. The molecule has 0 radical (unpaired) electrons. The molecule has 19 heavy (non-hydrogen) atoms. The number of nitrogens with one attached hydrogen (secondary N) is 1. The van der Waals surface area contributed by atoms with Gasteiger partial charge in [0.15, 0.2) is 0 Å². The van der Waals surface area contributed by atoms with E-state index in [1.54, 1.807) is 30.6 Å². The molecule has 0 aliphatic heterocycles. The molecule has 0 unspecified atom stereocenters. The summed E-state index contributed by atoms with van der Waals surface area (Å²) in [5.74, 6) is 0. The number of hydrogen-bond acceptors (Lipinski definition) is 4. The lowest BCUT2D eigenvalue weighted by molar-refractivity contribution is 0.581. The van der Waals surface area contributed by atoms with Gasteiger partial charge in [-0.3, -0.25) is 4.98 Å². The predicted molar refractivity (Wildman–Crippen MR) is 74.1 cm³/mol. The van der Waals surface area contributed by atoms with Crippen LogP contribution in [0.15, 0.2) is 47.6 Å². The minimum absolute atomic E-state index is 0.0248. The SMILES string of the molecule is Nc1ccc(Cl)c(S(=O)(=O)NCc2ccncc2)c1. The summed E-state index contributed by atoms with van der Waals surface area (Å²) in [6, 6.07) is 7.78. The summed E-state index contributed by atoms with van der Waals surface area (Å²) < 4.78 is 26.7. The molecule has 0 aliphatic rings. The van der Waals surface area contributed by atoms with Crippen molar-refractivity contribution in [3.05, 3.63) is 53.3 Å². The highest BCUT2D eigenvalue weighted by molar-refractivity contribution is 7.89. The molecule has 0 aliphatic carbocycles. The highest BCUT2D eigenvalue weighted by Gasteiger charge is 2.17. The molecule has 1 aromatic carbocycles. The van der Waals surface area contributed by atoms with Gasteiger partial charge in [-0.1, -0.05) is 11.6 Å². The first-order chi connectivity index (χ1) is 8.99. The minimum Gasteiger partial charge on any atom is -0.399 e. The van der Waals surface area contributed by atoms with Crippen LogP contribution in [0.25, 0.3) is 0 Å². The van der Waals surface area contributed by atoms with E-state index in [9.17, 15) is 8.42 Å². The summed E-state index contributed by atoms with van der Waals surface area (Å²) in [6.45, 7) is 0.163. The standard InChI is InChI=1S/C12H12ClN3O2S/c13-11-2-1-10(14)7-12(11)19(17,18)16-8-9-3-5-15-6-4-9/h1-7,16H,8,14H2. The van der Waals surface area contributed by atoms with Gasteiger partial charge in [0.1, 0.15) is 4.90 Å². The number of hydrogen-bond donors (Lipinski definition) is 2. The maximum atomic E-state index is 12.1. The van der Waals surface area contributed by atoms with Crippen molar-refractivity contribution >= 4 is 27.3 Å². The van der Waals surface area contributed by atoms with Gasteiger partial charge >= 0.3 is 0 Å². The van der Waals surface area contributed by atoms with E-state index in [1.807, 2.05) is 0 Å². The van der Waals surface area contributed by atoms with Crippen LogP contribution >= 0.6 is 11.6 Å². The Hall–Kier alpha value is -1.63. The van der Waals surface area contributed by atoms with E-state index in [0.717, 1.165) is 5.56 Å². The molecule has 0 atom stereocenters. The van der Waals surface area contributed by atoms with Crippen molar-refractivity contribution in [3.8, 4) is 0 Å². The average Bonchev–Trinajstić information content (AvgIpc) is 2.40. The van der Waals surface area contributed by atoms with Gasteiger partial charge in [0, 0.05) is 24.6 Å². The fourth-order valence-corrected chi connectivity index (χ4v) is 3.03. The maximum Gasteiger partial charge on any atom is 0.242 e. The Bertz CT molecular complexity index is 675. The Morgan fingerprint density at radius 1 is 1.21 bits per heavy atom. The normalized spacial score (nSPS) is 11.4. The van der Waals surface area contributed by atoms with Crippen LogP contribution in [0.1, 0.15) is 5.56 Å². The second-order valence-corrected chi connectivity index (χ2v) is 6.01.